The fourth-order valence-corrected chi connectivity index (χ4v) is 4.57. The molecule has 1 aromatic rings. The van der Waals surface area contributed by atoms with Gasteiger partial charge in [0, 0.05) is 23.1 Å². The fourth-order valence-electron chi connectivity index (χ4n) is 3.09. The Morgan fingerprint density at radius 1 is 1.16 bits per heavy atom. The van der Waals surface area contributed by atoms with Gasteiger partial charge in [-0.2, -0.15) is 12.8 Å². The van der Waals surface area contributed by atoms with Crippen molar-refractivity contribution < 1.29 is 35.7 Å². The van der Waals surface area contributed by atoms with Crippen molar-refractivity contribution in [3.8, 4) is 5.75 Å². The summed E-state index contributed by atoms with van der Waals surface area (Å²) in [6.45, 7) is 6.16. The standard InChI is InChI=1S/C21H27F2NO6S/c1-12(2)20(25)15-7-5-6-8-17(15)31(27,28)30-16-10-9-14(18(22)19(16)23)11-29-21(26)24-13(3)4/h7,9-10,12-13,17H,5-6,8,11H2,1-4H3,(H,24,26). The third kappa shape index (κ3) is 6.25. The molecule has 0 saturated carbocycles. The number of Topliss-reactive ketones (excluding diaryl/α,β-unsaturated/α-hetero) is 1. The lowest BCUT2D eigenvalue weighted by Crippen LogP contribution is -2.34. The molecule has 31 heavy (non-hydrogen) atoms. The molecule has 0 aromatic heterocycles. The molecular weight excluding hydrogens is 432 g/mol. The number of ether oxygens (including phenoxy) is 1. The number of nitrogens with one attached hydrogen (secondary N) is 1. The smallest absolute Gasteiger partial charge is 0.407 e. The molecule has 0 aliphatic heterocycles. The van der Waals surface area contributed by atoms with Gasteiger partial charge >= 0.3 is 16.2 Å². The van der Waals surface area contributed by atoms with E-state index in [1.54, 1.807) is 33.8 Å². The van der Waals surface area contributed by atoms with E-state index in [2.05, 4.69) is 5.32 Å². The van der Waals surface area contributed by atoms with Crippen LogP contribution in [0.25, 0.3) is 0 Å². The molecule has 1 aliphatic carbocycles. The van der Waals surface area contributed by atoms with E-state index < -0.39 is 51.4 Å². The van der Waals surface area contributed by atoms with E-state index in [0.717, 1.165) is 12.1 Å². The summed E-state index contributed by atoms with van der Waals surface area (Å²) in [7, 11) is -4.45. The van der Waals surface area contributed by atoms with Gasteiger partial charge in [0.15, 0.2) is 17.3 Å². The highest BCUT2D eigenvalue weighted by Crippen LogP contribution is 2.31. The first kappa shape index (κ1) is 24.8. The molecule has 10 heteroatoms. The van der Waals surface area contributed by atoms with Gasteiger partial charge in [-0.05, 0) is 45.2 Å². The van der Waals surface area contributed by atoms with Gasteiger partial charge in [-0.15, -0.1) is 0 Å². The minimum atomic E-state index is -4.45. The van der Waals surface area contributed by atoms with Gasteiger partial charge in [-0.3, -0.25) is 4.79 Å². The molecule has 0 spiro atoms. The van der Waals surface area contributed by atoms with Crippen molar-refractivity contribution in [1.29, 1.82) is 0 Å². The van der Waals surface area contributed by atoms with Gasteiger partial charge < -0.3 is 14.2 Å². The van der Waals surface area contributed by atoms with Gasteiger partial charge in [0.05, 0.1) is 0 Å². The van der Waals surface area contributed by atoms with Crippen LogP contribution in [-0.2, 0) is 26.3 Å². The average Bonchev–Trinajstić information content (AvgIpc) is 2.69. The fraction of sp³-hybridized carbons (Fsp3) is 0.524. The highest BCUT2D eigenvalue weighted by atomic mass is 32.2. The van der Waals surface area contributed by atoms with Crippen molar-refractivity contribution in [3.63, 3.8) is 0 Å². The van der Waals surface area contributed by atoms with E-state index in [-0.39, 0.29) is 29.4 Å². The number of hydrogen-bond donors (Lipinski definition) is 1. The van der Waals surface area contributed by atoms with E-state index in [4.69, 9.17) is 8.92 Å². The number of carbonyl (C=O) groups is 2. The molecule has 0 heterocycles. The van der Waals surface area contributed by atoms with E-state index in [9.17, 15) is 26.8 Å². The molecule has 1 aromatic carbocycles. The summed E-state index contributed by atoms with van der Waals surface area (Å²) in [6.07, 6.45) is 1.99. The Balaban J connectivity index is 2.21. The second-order valence-electron chi connectivity index (χ2n) is 7.90. The SMILES string of the molecule is CC(C)NC(=O)OCc1ccc(OS(=O)(=O)C2CCCC=C2C(=O)C(C)C)c(F)c1F. The lowest BCUT2D eigenvalue weighted by atomic mass is 9.91. The molecule has 0 fully saturated rings. The predicted molar refractivity (Wildman–Crippen MR) is 110 cm³/mol. The summed E-state index contributed by atoms with van der Waals surface area (Å²) in [5.41, 5.74) is -0.169. The topological polar surface area (TPSA) is 98.8 Å². The zero-order valence-electron chi connectivity index (χ0n) is 17.9. The quantitative estimate of drug-likeness (QED) is 0.590. The molecular formula is C21H27F2NO6S. The maximum Gasteiger partial charge on any atom is 0.407 e. The van der Waals surface area contributed by atoms with Crippen LogP contribution in [0.4, 0.5) is 13.6 Å². The second-order valence-corrected chi connectivity index (χ2v) is 9.62. The van der Waals surface area contributed by atoms with Gasteiger partial charge in [-0.1, -0.05) is 19.9 Å². The van der Waals surface area contributed by atoms with Crippen molar-refractivity contribution in [2.45, 2.75) is 64.9 Å². The van der Waals surface area contributed by atoms with Crippen LogP contribution in [0.3, 0.4) is 0 Å². The Hall–Kier alpha value is -2.49. The van der Waals surface area contributed by atoms with Crippen molar-refractivity contribution in [2.24, 2.45) is 5.92 Å². The number of benzene rings is 1. The number of carbonyl (C=O) groups excluding carboxylic acids is 2. The van der Waals surface area contributed by atoms with Gasteiger partial charge in [0.1, 0.15) is 11.9 Å². The lowest BCUT2D eigenvalue weighted by Gasteiger charge is -2.24. The van der Waals surface area contributed by atoms with Crippen LogP contribution in [0, 0.1) is 17.6 Å². The number of alkyl carbamates (subject to hydrolysis) is 1. The van der Waals surface area contributed by atoms with Crippen molar-refractivity contribution in [3.05, 3.63) is 41.0 Å². The number of amides is 1. The lowest BCUT2D eigenvalue weighted by molar-refractivity contribution is -0.118. The number of halogens is 2. The van der Waals surface area contributed by atoms with E-state index in [0.29, 0.717) is 12.8 Å². The predicted octanol–water partition coefficient (Wildman–Crippen LogP) is 4.01. The number of ketones is 1. The summed E-state index contributed by atoms with van der Waals surface area (Å²) >= 11 is 0. The molecule has 7 nitrogen and oxygen atoms in total. The maximum atomic E-state index is 14.5. The molecule has 1 aliphatic rings. The molecule has 1 atom stereocenters. The normalized spacial score (nSPS) is 16.8. The van der Waals surface area contributed by atoms with Crippen LogP contribution in [-0.4, -0.2) is 31.6 Å². The first-order chi connectivity index (χ1) is 14.4. The Kier molecular flexibility index (Phi) is 8.16. The highest BCUT2D eigenvalue weighted by Gasteiger charge is 2.37. The molecule has 1 N–H and O–H groups in total. The first-order valence-electron chi connectivity index (χ1n) is 10.0. The van der Waals surface area contributed by atoms with Crippen LogP contribution < -0.4 is 9.50 Å². The van der Waals surface area contributed by atoms with Crippen molar-refractivity contribution in [2.75, 3.05) is 0 Å². The van der Waals surface area contributed by atoms with E-state index >= 15 is 0 Å². The molecule has 1 unspecified atom stereocenters. The van der Waals surface area contributed by atoms with E-state index in [1.165, 1.54) is 0 Å². The monoisotopic (exact) mass is 459 g/mol. The maximum absolute atomic E-state index is 14.5. The van der Waals surface area contributed by atoms with Crippen LogP contribution in [0.2, 0.25) is 0 Å². The Morgan fingerprint density at radius 3 is 2.45 bits per heavy atom. The minimum Gasteiger partial charge on any atom is -0.445 e. The van der Waals surface area contributed by atoms with Crippen LogP contribution in [0.1, 0.15) is 52.5 Å². The van der Waals surface area contributed by atoms with Gasteiger partial charge in [-0.25, -0.2) is 9.18 Å². The third-order valence-electron chi connectivity index (χ3n) is 4.64. The zero-order valence-corrected chi connectivity index (χ0v) is 18.7. The third-order valence-corrected chi connectivity index (χ3v) is 6.24. The summed E-state index contributed by atoms with van der Waals surface area (Å²) < 4.78 is 64.1. The largest absolute Gasteiger partial charge is 0.445 e. The van der Waals surface area contributed by atoms with Crippen LogP contribution in [0.15, 0.2) is 23.8 Å². The Morgan fingerprint density at radius 2 is 1.84 bits per heavy atom. The summed E-state index contributed by atoms with van der Waals surface area (Å²) in [6, 6.07) is 1.82. The van der Waals surface area contributed by atoms with E-state index in [1.807, 2.05) is 0 Å². The highest BCUT2D eigenvalue weighted by molar-refractivity contribution is 7.88. The number of allylic oxidation sites excluding steroid dienone is 1. The molecule has 0 saturated heterocycles. The zero-order chi connectivity index (χ0) is 23.3. The van der Waals surface area contributed by atoms with Crippen LogP contribution >= 0.6 is 0 Å². The summed E-state index contributed by atoms with van der Waals surface area (Å²) in [5, 5.41) is 1.18. The first-order valence-corrected chi connectivity index (χ1v) is 11.5. The van der Waals surface area contributed by atoms with Gasteiger partial charge in [0.2, 0.25) is 5.82 Å². The summed E-state index contributed by atoms with van der Waals surface area (Å²) in [4.78, 5) is 23.9. The van der Waals surface area contributed by atoms with Gasteiger partial charge in [0.25, 0.3) is 0 Å². The molecule has 2 rings (SSSR count). The molecule has 0 bridgehead atoms. The second kappa shape index (κ2) is 10.2. The molecule has 1 amide bonds. The molecule has 0 radical (unpaired) electrons. The molecule has 172 valence electrons. The Bertz CT molecular complexity index is 972. The van der Waals surface area contributed by atoms with Crippen LogP contribution in [0.5, 0.6) is 5.75 Å². The minimum absolute atomic E-state index is 0.114. The van der Waals surface area contributed by atoms with Crippen molar-refractivity contribution >= 4 is 22.0 Å². The van der Waals surface area contributed by atoms with Crippen molar-refractivity contribution in [1.82, 2.24) is 5.32 Å². The summed E-state index contributed by atoms with van der Waals surface area (Å²) in [5.74, 6) is -4.47. The Labute approximate surface area is 180 Å². The number of rotatable bonds is 8. The average molecular weight is 460 g/mol. The number of hydrogen-bond acceptors (Lipinski definition) is 6.